The summed E-state index contributed by atoms with van der Waals surface area (Å²) in [5.74, 6) is 0.588. The lowest BCUT2D eigenvalue weighted by molar-refractivity contribution is 0.0643. The summed E-state index contributed by atoms with van der Waals surface area (Å²) in [5, 5.41) is 3.96. The molecular weight excluding hydrogens is 428 g/mol. The molecule has 2 aromatic carbocycles. The van der Waals surface area contributed by atoms with Gasteiger partial charge in [0.05, 0.1) is 41.2 Å². The van der Waals surface area contributed by atoms with Crippen LogP contribution in [0.2, 0.25) is 0 Å². The third-order valence-corrected chi connectivity index (χ3v) is 8.27. The van der Waals surface area contributed by atoms with Crippen LogP contribution < -0.4 is 15.0 Å². The number of anilines is 2. The largest absolute Gasteiger partial charge is 0.497 e. The Morgan fingerprint density at radius 1 is 1.00 bits per heavy atom. The Labute approximate surface area is 200 Å². The fourth-order valence-electron chi connectivity index (χ4n) is 6.50. The molecule has 6 rings (SSSR count). The third kappa shape index (κ3) is 3.36. The van der Waals surface area contributed by atoms with Crippen molar-refractivity contribution in [3.05, 3.63) is 53.6 Å². The van der Waals surface area contributed by atoms with E-state index in [4.69, 9.17) is 4.74 Å². The van der Waals surface area contributed by atoms with Gasteiger partial charge in [-0.05, 0) is 62.9 Å². The van der Waals surface area contributed by atoms with Crippen LogP contribution >= 0.6 is 0 Å². The normalized spacial score (nSPS) is 23.0. The number of methoxy groups -OCH3 is 1. The van der Waals surface area contributed by atoms with E-state index in [1.54, 1.807) is 19.2 Å². The lowest BCUT2D eigenvalue weighted by atomic mass is 9.77. The van der Waals surface area contributed by atoms with Crippen molar-refractivity contribution < 1.29 is 14.3 Å². The van der Waals surface area contributed by atoms with Gasteiger partial charge in [-0.2, -0.15) is 0 Å². The standard InChI is InChI=1S/C27H32N4O3/c1-34-19-9-10-23-22(18-19)28-27(24-8-4-14-30(23)24)11-16-29(17-12-27)13-5-15-31-25(32)20-6-2-3-7-21(20)26(31)33/h2-3,6-7,9-10,18,24,28H,4-5,8,11-17H2,1H3. The highest BCUT2D eigenvalue weighted by Gasteiger charge is 2.49. The number of fused-ring (bicyclic) bond motifs is 5. The molecule has 1 spiro atoms. The highest BCUT2D eigenvalue weighted by atomic mass is 16.5. The van der Waals surface area contributed by atoms with Crippen molar-refractivity contribution in [3.8, 4) is 5.75 Å². The number of ether oxygens (including phenoxy) is 1. The van der Waals surface area contributed by atoms with Gasteiger partial charge >= 0.3 is 0 Å². The van der Waals surface area contributed by atoms with E-state index in [1.165, 1.54) is 29.1 Å². The first kappa shape index (κ1) is 21.5. The predicted molar refractivity (Wildman–Crippen MR) is 132 cm³/mol. The molecule has 2 amide bonds. The first-order valence-electron chi connectivity index (χ1n) is 12.5. The highest BCUT2D eigenvalue weighted by Crippen LogP contribution is 2.47. The summed E-state index contributed by atoms with van der Waals surface area (Å²) in [5.41, 5.74) is 3.66. The Hall–Kier alpha value is -3.06. The lowest BCUT2D eigenvalue weighted by Gasteiger charge is -2.53. The summed E-state index contributed by atoms with van der Waals surface area (Å²) >= 11 is 0. The van der Waals surface area contributed by atoms with Crippen molar-refractivity contribution in [3.63, 3.8) is 0 Å². The number of rotatable bonds is 5. The topological polar surface area (TPSA) is 65.1 Å². The molecular formula is C27H32N4O3. The summed E-state index contributed by atoms with van der Waals surface area (Å²) in [6.45, 7) is 4.56. The van der Waals surface area contributed by atoms with Crippen LogP contribution in [0, 0.1) is 0 Å². The molecule has 7 nitrogen and oxygen atoms in total. The minimum Gasteiger partial charge on any atom is -0.497 e. The highest BCUT2D eigenvalue weighted by molar-refractivity contribution is 6.21. The molecule has 4 heterocycles. The molecule has 178 valence electrons. The van der Waals surface area contributed by atoms with Crippen LogP contribution in [-0.2, 0) is 0 Å². The molecule has 0 saturated carbocycles. The van der Waals surface area contributed by atoms with Crippen molar-refractivity contribution in [2.45, 2.75) is 43.7 Å². The summed E-state index contributed by atoms with van der Waals surface area (Å²) in [6.07, 6.45) is 5.47. The minimum atomic E-state index is -0.153. The number of carbonyl (C=O) groups is 2. The Bertz CT molecular complexity index is 1090. The molecule has 2 fully saturated rings. The van der Waals surface area contributed by atoms with Crippen molar-refractivity contribution in [2.75, 3.05) is 50.1 Å². The molecule has 0 radical (unpaired) electrons. The molecule has 4 aliphatic rings. The number of nitrogens with one attached hydrogen (secondary N) is 1. The van der Waals surface area contributed by atoms with E-state index in [2.05, 4.69) is 33.3 Å². The first-order chi connectivity index (χ1) is 16.6. The number of imide groups is 1. The average Bonchev–Trinajstić information content (AvgIpc) is 3.46. The molecule has 0 aliphatic carbocycles. The van der Waals surface area contributed by atoms with Crippen molar-refractivity contribution >= 4 is 23.2 Å². The van der Waals surface area contributed by atoms with Gasteiger partial charge in [0, 0.05) is 32.2 Å². The van der Waals surface area contributed by atoms with E-state index in [1.807, 2.05) is 12.1 Å². The molecule has 2 aromatic rings. The number of piperidine rings is 1. The van der Waals surface area contributed by atoms with Gasteiger partial charge in [0.15, 0.2) is 0 Å². The van der Waals surface area contributed by atoms with Crippen LogP contribution in [0.3, 0.4) is 0 Å². The zero-order valence-corrected chi connectivity index (χ0v) is 19.8. The van der Waals surface area contributed by atoms with Crippen molar-refractivity contribution in [1.29, 1.82) is 0 Å². The van der Waals surface area contributed by atoms with E-state index in [0.29, 0.717) is 23.7 Å². The monoisotopic (exact) mass is 460 g/mol. The van der Waals surface area contributed by atoms with Crippen LogP contribution in [0.4, 0.5) is 11.4 Å². The van der Waals surface area contributed by atoms with Crippen LogP contribution in [-0.4, -0.2) is 73.0 Å². The summed E-state index contributed by atoms with van der Waals surface area (Å²) < 4.78 is 5.49. The summed E-state index contributed by atoms with van der Waals surface area (Å²) in [7, 11) is 1.72. The Morgan fingerprint density at radius 2 is 1.74 bits per heavy atom. The second-order valence-corrected chi connectivity index (χ2v) is 10.0. The number of hydrogen-bond donors (Lipinski definition) is 1. The number of benzene rings is 2. The third-order valence-electron chi connectivity index (χ3n) is 8.27. The number of amides is 2. The minimum absolute atomic E-state index is 0.0922. The van der Waals surface area contributed by atoms with Gasteiger partial charge in [-0.3, -0.25) is 14.5 Å². The van der Waals surface area contributed by atoms with Crippen molar-refractivity contribution in [1.82, 2.24) is 9.80 Å². The molecule has 4 aliphatic heterocycles. The van der Waals surface area contributed by atoms with E-state index < -0.39 is 0 Å². The summed E-state index contributed by atoms with van der Waals surface area (Å²) in [6, 6.07) is 14.1. The van der Waals surface area contributed by atoms with Crippen molar-refractivity contribution in [2.24, 2.45) is 0 Å². The van der Waals surface area contributed by atoms with Gasteiger partial charge in [0.1, 0.15) is 5.75 Å². The van der Waals surface area contributed by atoms with Gasteiger partial charge in [0.2, 0.25) is 0 Å². The molecule has 0 bridgehead atoms. The Balaban J connectivity index is 1.08. The van der Waals surface area contributed by atoms with Crippen LogP contribution in [0.15, 0.2) is 42.5 Å². The molecule has 34 heavy (non-hydrogen) atoms. The van der Waals surface area contributed by atoms with Crippen LogP contribution in [0.1, 0.15) is 52.8 Å². The smallest absolute Gasteiger partial charge is 0.261 e. The average molecular weight is 461 g/mol. The number of hydrogen-bond acceptors (Lipinski definition) is 6. The zero-order valence-electron chi connectivity index (χ0n) is 19.8. The number of nitrogens with zero attached hydrogens (tertiary/aromatic N) is 3. The Kier molecular flexibility index (Phi) is 5.25. The molecule has 1 atom stereocenters. The van der Waals surface area contributed by atoms with Gasteiger partial charge in [0.25, 0.3) is 11.8 Å². The van der Waals surface area contributed by atoms with E-state index in [9.17, 15) is 9.59 Å². The SMILES string of the molecule is COc1ccc2c(c1)NC1(CCN(CCCN3C(=O)c4ccccc4C3=O)CC1)C1CCCN21. The molecule has 1 N–H and O–H groups in total. The van der Waals surface area contributed by atoms with Crippen LogP contribution in [0.5, 0.6) is 5.75 Å². The molecule has 7 heteroatoms. The van der Waals surface area contributed by atoms with E-state index >= 15 is 0 Å². The van der Waals surface area contributed by atoms with Gasteiger partial charge < -0.3 is 19.9 Å². The van der Waals surface area contributed by atoms with E-state index in [-0.39, 0.29) is 17.4 Å². The van der Waals surface area contributed by atoms with Gasteiger partial charge in [-0.1, -0.05) is 12.1 Å². The molecule has 0 aromatic heterocycles. The summed E-state index contributed by atoms with van der Waals surface area (Å²) in [4.78, 5) is 31.7. The first-order valence-corrected chi connectivity index (χ1v) is 12.5. The second-order valence-electron chi connectivity index (χ2n) is 10.0. The zero-order chi connectivity index (χ0) is 23.3. The molecule has 2 saturated heterocycles. The number of likely N-dealkylation sites (tertiary alicyclic amines) is 1. The quantitative estimate of drug-likeness (QED) is 0.688. The Morgan fingerprint density at radius 3 is 2.44 bits per heavy atom. The molecule has 1 unspecified atom stereocenters. The fraction of sp³-hybridized carbons (Fsp3) is 0.481. The van der Waals surface area contributed by atoms with Gasteiger partial charge in [-0.25, -0.2) is 0 Å². The number of carbonyl (C=O) groups excluding carboxylic acids is 2. The van der Waals surface area contributed by atoms with Crippen LogP contribution in [0.25, 0.3) is 0 Å². The fourth-order valence-corrected chi connectivity index (χ4v) is 6.50. The maximum Gasteiger partial charge on any atom is 0.261 e. The second kappa shape index (κ2) is 8.31. The predicted octanol–water partition coefficient (Wildman–Crippen LogP) is 3.61. The van der Waals surface area contributed by atoms with E-state index in [0.717, 1.165) is 51.2 Å². The maximum atomic E-state index is 12.6. The van der Waals surface area contributed by atoms with Gasteiger partial charge in [-0.15, -0.1) is 0 Å². The lowest BCUT2D eigenvalue weighted by Crippen LogP contribution is -2.62. The maximum absolute atomic E-state index is 12.6.